The van der Waals surface area contributed by atoms with Crippen molar-refractivity contribution in [3.8, 4) is 0 Å². The first-order valence-corrected chi connectivity index (χ1v) is 8.36. The summed E-state index contributed by atoms with van der Waals surface area (Å²) in [6.07, 6.45) is -0.0467. The largest absolute Gasteiger partial charge is 0.416 e. The third kappa shape index (κ3) is 4.65. The molecule has 0 saturated carbocycles. The van der Waals surface area contributed by atoms with E-state index in [2.05, 4.69) is 20.0 Å². The Hall–Kier alpha value is -2.20. The van der Waals surface area contributed by atoms with Crippen molar-refractivity contribution in [1.29, 1.82) is 0 Å². The lowest BCUT2D eigenvalue weighted by molar-refractivity contribution is -0.137. The van der Waals surface area contributed by atoms with Gasteiger partial charge in [-0.05, 0) is 30.7 Å². The molecule has 1 heterocycles. The number of alkyl halides is 3. The third-order valence-electron chi connectivity index (χ3n) is 3.08. The van der Waals surface area contributed by atoms with Gasteiger partial charge in [-0.3, -0.25) is 4.98 Å². The number of aromatic nitrogens is 2. The summed E-state index contributed by atoms with van der Waals surface area (Å²) in [4.78, 5) is 7.62. The van der Waals surface area contributed by atoms with E-state index in [4.69, 9.17) is 0 Å². The number of aryl methyl sites for hydroxylation is 1. The molecule has 24 heavy (non-hydrogen) atoms. The first-order chi connectivity index (χ1) is 11.2. The van der Waals surface area contributed by atoms with Crippen LogP contribution in [0.1, 0.15) is 11.1 Å². The Labute approximate surface area is 137 Å². The molecule has 0 saturated heterocycles. The van der Waals surface area contributed by atoms with Crippen molar-refractivity contribution < 1.29 is 21.6 Å². The molecule has 6 nitrogen and oxygen atoms in total. The summed E-state index contributed by atoms with van der Waals surface area (Å²) >= 11 is 0. The van der Waals surface area contributed by atoms with Crippen molar-refractivity contribution in [2.75, 3.05) is 18.4 Å². The number of hydrogen-bond acceptors (Lipinski definition) is 5. The fraction of sp³-hybridized carbons (Fsp3) is 0.286. The summed E-state index contributed by atoms with van der Waals surface area (Å²) in [7, 11) is -3.90. The van der Waals surface area contributed by atoms with Gasteiger partial charge >= 0.3 is 6.18 Å². The Kier molecular flexibility index (Phi) is 5.40. The zero-order chi connectivity index (χ0) is 17.8. The highest BCUT2D eigenvalue weighted by Crippen LogP contribution is 2.31. The molecule has 10 heteroatoms. The van der Waals surface area contributed by atoms with Gasteiger partial charge in [0.2, 0.25) is 10.0 Å². The number of nitrogens with one attached hydrogen (secondary N) is 2. The average Bonchev–Trinajstić information content (AvgIpc) is 2.51. The summed E-state index contributed by atoms with van der Waals surface area (Å²) in [6, 6.07) is 2.52. The second-order valence-corrected chi connectivity index (χ2v) is 6.63. The van der Waals surface area contributed by atoms with E-state index in [0.29, 0.717) is 5.82 Å². The molecule has 1 aromatic carbocycles. The van der Waals surface area contributed by atoms with E-state index in [9.17, 15) is 21.6 Å². The van der Waals surface area contributed by atoms with Crippen molar-refractivity contribution >= 4 is 15.8 Å². The van der Waals surface area contributed by atoms with E-state index in [1.54, 1.807) is 0 Å². The molecule has 2 rings (SSSR count). The van der Waals surface area contributed by atoms with Crippen molar-refractivity contribution in [2.24, 2.45) is 0 Å². The molecule has 0 radical (unpaired) electrons. The predicted molar refractivity (Wildman–Crippen MR) is 81.9 cm³/mol. The average molecular weight is 360 g/mol. The second-order valence-electron chi connectivity index (χ2n) is 4.89. The maximum absolute atomic E-state index is 12.6. The maximum Gasteiger partial charge on any atom is 0.416 e. The number of rotatable bonds is 6. The second kappa shape index (κ2) is 7.14. The molecule has 0 unspecified atom stereocenters. The van der Waals surface area contributed by atoms with E-state index < -0.39 is 21.8 Å². The summed E-state index contributed by atoms with van der Waals surface area (Å²) in [5, 5.41) is 2.86. The van der Waals surface area contributed by atoms with Gasteiger partial charge in [-0.25, -0.2) is 18.1 Å². The monoisotopic (exact) mass is 360 g/mol. The topological polar surface area (TPSA) is 84.0 Å². The summed E-state index contributed by atoms with van der Waals surface area (Å²) in [6.45, 7) is 1.61. The van der Waals surface area contributed by atoms with Gasteiger partial charge in [-0.1, -0.05) is 0 Å². The molecule has 2 N–H and O–H groups in total. The predicted octanol–water partition coefficient (Wildman–Crippen LogP) is 2.19. The van der Waals surface area contributed by atoms with Crippen LogP contribution in [0.15, 0.2) is 41.7 Å². The molecule has 130 valence electrons. The van der Waals surface area contributed by atoms with Gasteiger partial charge in [0.25, 0.3) is 0 Å². The number of nitrogens with zero attached hydrogens (tertiary/aromatic N) is 2. The van der Waals surface area contributed by atoms with Crippen LogP contribution in [0.2, 0.25) is 0 Å². The molecule has 2 aromatic rings. The minimum absolute atomic E-state index is 0.0270. The number of benzene rings is 1. The lowest BCUT2D eigenvalue weighted by Gasteiger charge is -2.12. The maximum atomic E-state index is 12.6. The SMILES string of the molecule is Cc1cc(C(F)(F)F)ccc1S(=O)(=O)NCCNc1cnccn1. The third-order valence-corrected chi connectivity index (χ3v) is 4.70. The molecule has 0 fully saturated rings. The first kappa shape index (κ1) is 18.1. The fourth-order valence-corrected chi connectivity index (χ4v) is 3.23. The standard InChI is InChI=1S/C14H15F3N4O2S/c1-10-8-11(14(15,16)17)2-3-12(10)24(22,23)21-7-6-20-13-9-18-4-5-19-13/h2-5,8-9,21H,6-7H2,1H3,(H,19,20). The molecule has 0 aliphatic carbocycles. The van der Waals surface area contributed by atoms with E-state index in [1.165, 1.54) is 25.5 Å². The highest BCUT2D eigenvalue weighted by molar-refractivity contribution is 7.89. The quantitative estimate of drug-likeness (QED) is 0.772. The Morgan fingerprint density at radius 2 is 1.92 bits per heavy atom. The van der Waals surface area contributed by atoms with Crippen molar-refractivity contribution in [1.82, 2.24) is 14.7 Å². The fourth-order valence-electron chi connectivity index (χ4n) is 1.97. The van der Waals surface area contributed by atoms with E-state index >= 15 is 0 Å². The Morgan fingerprint density at radius 1 is 1.17 bits per heavy atom. The lowest BCUT2D eigenvalue weighted by atomic mass is 10.1. The lowest BCUT2D eigenvalue weighted by Crippen LogP contribution is -2.29. The normalized spacial score (nSPS) is 12.2. The number of hydrogen-bond donors (Lipinski definition) is 2. The molecule has 1 aromatic heterocycles. The van der Waals surface area contributed by atoms with E-state index in [-0.39, 0.29) is 23.5 Å². The van der Waals surface area contributed by atoms with Crippen LogP contribution >= 0.6 is 0 Å². The van der Waals surface area contributed by atoms with Crippen LogP contribution in [0.5, 0.6) is 0 Å². The van der Waals surface area contributed by atoms with E-state index in [1.807, 2.05) is 0 Å². The van der Waals surface area contributed by atoms with Crippen LogP contribution < -0.4 is 10.0 Å². The van der Waals surface area contributed by atoms with Crippen LogP contribution in [0.4, 0.5) is 19.0 Å². The van der Waals surface area contributed by atoms with Crippen molar-refractivity contribution in [2.45, 2.75) is 18.0 Å². The zero-order valence-corrected chi connectivity index (χ0v) is 13.4. The highest BCUT2D eigenvalue weighted by Gasteiger charge is 2.31. The van der Waals surface area contributed by atoms with Gasteiger partial charge in [-0.2, -0.15) is 13.2 Å². The number of anilines is 1. The molecule has 0 atom stereocenters. The van der Waals surface area contributed by atoms with Crippen LogP contribution in [0, 0.1) is 6.92 Å². The smallest absolute Gasteiger partial charge is 0.367 e. The summed E-state index contributed by atoms with van der Waals surface area (Å²) < 4.78 is 64.5. The molecule has 0 bridgehead atoms. The number of sulfonamides is 1. The van der Waals surface area contributed by atoms with Crippen LogP contribution in [-0.4, -0.2) is 31.5 Å². The van der Waals surface area contributed by atoms with Gasteiger partial charge in [0.05, 0.1) is 16.7 Å². The van der Waals surface area contributed by atoms with Gasteiger partial charge in [-0.15, -0.1) is 0 Å². The minimum Gasteiger partial charge on any atom is -0.367 e. The summed E-state index contributed by atoms with van der Waals surface area (Å²) in [5.74, 6) is 0.488. The van der Waals surface area contributed by atoms with Crippen molar-refractivity contribution in [3.05, 3.63) is 47.9 Å². The van der Waals surface area contributed by atoms with Crippen molar-refractivity contribution in [3.63, 3.8) is 0 Å². The van der Waals surface area contributed by atoms with Crippen LogP contribution in [-0.2, 0) is 16.2 Å². The van der Waals surface area contributed by atoms with E-state index in [0.717, 1.165) is 18.2 Å². The van der Waals surface area contributed by atoms with Crippen LogP contribution in [0.3, 0.4) is 0 Å². The Balaban J connectivity index is 2.00. The molecule has 0 spiro atoms. The molecule has 0 aliphatic rings. The Bertz CT molecular complexity index is 795. The van der Waals surface area contributed by atoms with Gasteiger partial charge in [0.1, 0.15) is 5.82 Å². The van der Waals surface area contributed by atoms with Gasteiger partial charge < -0.3 is 5.32 Å². The molecule has 0 amide bonds. The minimum atomic E-state index is -4.51. The molecular formula is C14H15F3N4O2S. The molecular weight excluding hydrogens is 345 g/mol. The highest BCUT2D eigenvalue weighted by atomic mass is 32.2. The first-order valence-electron chi connectivity index (χ1n) is 6.87. The van der Waals surface area contributed by atoms with Gasteiger partial charge in [0.15, 0.2) is 0 Å². The summed E-state index contributed by atoms with van der Waals surface area (Å²) in [5.41, 5.74) is -0.859. The van der Waals surface area contributed by atoms with Crippen LogP contribution in [0.25, 0.3) is 0 Å². The van der Waals surface area contributed by atoms with Gasteiger partial charge in [0, 0.05) is 25.5 Å². The number of halogens is 3. The Morgan fingerprint density at radius 3 is 2.50 bits per heavy atom. The molecule has 0 aliphatic heterocycles. The zero-order valence-electron chi connectivity index (χ0n) is 12.6.